The molecule has 3 aliphatic rings. The fraction of sp³-hybridized carbons (Fsp3) is 1.00. The Morgan fingerprint density at radius 1 is 0.909 bits per heavy atom. The summed E-state index contributed by atoms with van der Waals surface area (Å²) in [4.78, 5) is 8.28. The average molecular weight is 308 g/mol. The molecule has 3 rings (SSSR count). The highest BCUT2D eigenvalue weighted by atomic mass is 15.4. The summed E-state index contributed by atoms with van der Waals surface area (Å²) in [5, 5.41) is 0. The molecule has 0 spiro atoms. The highest BCUT2D eigenvalue weighted by Crippen LogP contribution is 2.35. The number of hydrogen-bond donors (Lipinski definition) is 0. The van der Waals surface area contributed by atoms with Crippen LogP contribution in [0.5, 0.6) is 0 Å². The van der Waals surface area contributed by atoms with Gasteiger partial charge in [-0.3, -0.25) is 14.7 Å². The van der Waals surface area contributed by atoms with E-state index < -0.39 is 0 Å². The summed E-state index contributed by atoms with van der Waals surface area (Å²) in [5.41, 5.74) is 0.494. The van der Waals surface area contributed by atoms with Crippen LogP contribution in [0.4, 0.5) is 0 Å². The third kappa shape index (κ3) is 3.52. The molecular formula is C19H37N3. The maximum Gasteiger partial charge on any atom is 0.0512 e. The molecule has 3 saturated heterocycles. The lowest BCUT2D eigenvalue weighted by atomic mass is 9.75. The fourth-order valence-electron chi connectivity index (χ4n) is 4.85. The predicted octanol–water partition coefficient (Wildman–Crippen LogP) is 3.26. The van der Waals surface area contributed by atoms with Crippen LogP contribution in [0, 0.1) is 11.3 Å². The summed E-state index contributed by atoms with van der Waals surface area (Å²) in [6, 6.07) is 2.36. The zero-order valence-corrected chi connectivity index (χ0v) is 15.5. The number of nitrogens with zero attached hydrogens (tertiary/aromatic N) is 3. The highest BCUT2D eigenvalue weighted by molar-refractivity contribution is 4.96. The molecule has 3 aliphatic heterocycles. The Labute approximate surface area is 138 Å². The molecule has 2 bridgehead atoms. The van der Waals surface area contributed by atoms with Crippen molar-refractivity contribution in [3.05, 3.63) is 0 Å². The predicted molar refractivity (Wildman–Crippen MR) is 94.0 cm³/mol. The second-order valence-corrected chi connectivity index (χ2v) is 9.35. The smallest absolute Gasteiger partial charge is 0.0512 e. The molecule has 2 unspecified atom stereocenters. The topological polar surface area (TPSA) is 9.72 Å². The molecule has 0 N–H and O–H groups in total. The fourth-order valence-corrected chi connectivity index (χ4v) is 4.85. The Morgan fingerprint density at radius 3 is 1.91 bits per heavy atom. The van der Waals surface area contributed by atoms with Crippen molar-refractivity contribution < 1.29 is 0 Å². The van der Waals surface area contributed by atoms with Gasteiger partial charge in [-0.15, -0.1) is 0 Å². The first kappa shape index (κ1) is 16.7. The summed E-state index contributed by atoms with van der Waals surface area (Å²) < 4.78 is 0. The molecule has 128 valence electrons. The summed E-state index contributed by atoms with van der Waals surface area (Å²) in [6.07, 6.45) is 5.63. The van der Waals surface area contributed by atoms with Gasteiger partial charge in [-0.1, -0.05) is 20.8 Å². The van der Waals surface area contributed by atoms with Crippen LogP contribution < -0.4 is 0 Å². The van der Waals surface area contributed by atoms with E-state index in [9.17, 15) is 0 Å². The third-order valence-corrected chi connectivity index (χ3v) is 6.57. The molecule has 0 aromatic rings. The lowest BCUT2D eigenvalue weighted by molar-refractivity contribution is -0.00546. The highest BCUT2D eigenvalue weighted by Gasteiger charge is 2.41. The molecule has 0 amide bonds. The van der Waals surface area contributed by atoms with Crippen molar-refractivity contribution in [1.29, 1.82) is 0 Å². The lowest BCUT2D eigenvalue weighted by Crippen LogP contribution is -2.58. The maximum atomic E-state index is 2.84. The van der Waals surface area contributed by atoms with Crippen molar-refractivity contribution in [2.45, 2.75) is 78.4 Å². The van der Waals surface area contributed by atoms with Crippen molar-refractivity contribution in [3.63, 3.8) is 0 Å². The quantitative estimate of drug-likeness (QED) is 0.792. The Morgan fingerprint density at radius 2 is 1.45 bits per heavy atom. The summed E-state index contributed by atoms with van der Waals surface area (Å²) in [7, 11) is 0. The number of likely N-dealkylation sites (tertiary alicyclic amines) is 2. The van der Waals surface area contributed by atoms with Gasteiger partial charge >= 0.3 is 0 Å². The summed E-state index contributed by atoms with van der Waals surface area (Å²) in [5.74, 6) is 0.915. The first-order valence-corrected chi connectivity index (χ1v) is 9.56. The average Bonchev–Trinajstić information content (AvgIpc) is 2.69. The molecule has 22 heavy (non-hydrogen) atoms. The van der Waals surface area contributed by atoms with E-state index in [1.807, 2.05) is 0 Å². The van der Waals surface area contributed by atoms with Crippen LogP contribution in [0.15, 0.2) is 0 Å². The van der Waals surface area contributed by atoms with Gasteiger partial charge in [-0.25, -0.2) is 0 Å². The second kappa shape index (κ2) is 6.41. The van der Waals surface area contributed by atoms with E-state index >= 15 is 0 Å². The minimum Gasteiger partial charge on any atom is -0.298 e. The van der Waals surface area contributed by atoms with Crippen molar-refractivity contribution in [2.75, 3.05) is 32.8 Å². The van der Waals surface area contributed by atoms with Gasteiger partial charge in [-0.05, 0) is 64.0 Å². The zero-order chi connectivity index (χ0) is 15.9. The van der Waals surface area contributed by atoms with E-state index in [1.54, 1.807) is 0 Å². The second-order valence-electron chi connectivity index (χ2n) is 9.35. The first-order valence-electron chi connectivity index (χ1n) is 9.56. The number of rotatable bonds is 3. The molecule has 0 radical (unpaired) electrons. The van der Waals surface area contributed by atoms with Crippen LogP contribution in [-0.4, -0.2) is 65.7 Å². The molecule has 0 aliphatic carbocycles. The van der Waals surface area contributed by atoms with Crippen molar-refractivity contribution in [3.8, 4) is 0 Å². The van der Waals surface area contributed by atoms with Gasteiger partial charge in [0, 0.05) is 31.2 Å². The van der Waals surface area contributed by atoms with Crippen LogP contribution in [0.25, 0.3) is 0 Å². The Balaban J connectivity index is 1.51. The molecule has 0 aromatic carbocycles. The molecule has 0 saturated carbocycles. The standard InChI is InChI=1S/C19H37N3/c1-15(2)21-12-17-6-7-18(13-21)22(17)14-20-10-8-16(9-11-20)19(3,4)5/h15-18H,6-14H2,1-5H3. The van der Waals surface area contributed by atoms with Gasteiger partial charge in [0.15, 0.2) is 0 Å². The molecule has 3 heteroatoms. The summed E-state index contributed by atoms with van der Waals surface area (Å²) in [6.45, 7) is 18.4. The molecule has 0 aromatic heterocycles. The largest absolute Gasteiger partial charge is 0.298 e. The minimum atomic E-state index is 0.494. The van der Waals surface area contributed by atoms with E-state index in [0.717, 1.165) is 18.0 Å². The van der Waals surface area contributed by atoms with E-state index in [-0.39, 0.29) is 0 Å². The van der Waals surface area contributed by atoms with Crippen LogP contribution in [0.2, 0.25) is 0 Å². The SMILES string of the molecule is CC(C)N1CC2CCC(C1)N2CN1CCC(C(C)(C)C)CC1. The van der Waals surface area contributed by atoms with Gasteiger partial charge in [0.05, 0.1) is 6.67 Å². The van der Waals surface area contributed by atoms with Crippen molar-refractivity contribution in [1.82, 2.24) is 14.7 Å². The first-order chi connectivity index (χ1) is 10.3. The van der Waals surface area contributed by atoms with Crippen LogP contribution in [0.1, 0.15) is 60.3 Å². The molecule has 3 nitrogen and oxygen atoms in total. The van der Waals surface area contributed by atoms with Crippen molar-refractivity contribution >= 4 is 0 Å². The van der Waals surface area contributed by atoms with Gasteiger partial charge in [0.2, 0.25) is 0 Å². The normalized spacial score (nSPS) is 33.0. The number of fused-ring (bicyclic) bond motifs is 2. The number of piperazine rings is 1. The molecule has 3 fully saturated rings. The van der Waals surface area contributed by atoms with Gasteiger partial charge < -0.3 is 0 Å². The van der Waals surface area contributed by atoms with Gasteiger partial charge in [0.25, 0.3) is 0 Å². The van der Waals surface area contributed by atoms with E-state index in [4.69, 9.17) is 0 Å². The minimum absolute atomic E-state index is 0.494. The van der Waals surface area contributed by atoms with Crippen LogP contribution in [-0.2, 0) is 0 Å². The lowest BCUT2D eigenvalue weighted by Gasteiger charge is -2.46. The number of hydrogen-bond acceptors (Lipinski definition) is 3. The van der Waals surface area contributed by atoms with E-state index in [0.29, 0.717) is 11.5 Å². The molecule has 3 heterocycles. The molecular weight excluding hydrogens is 270 g/mol. The maximum absolute atomic E-state index is 2.84. The summed E-state index contributed by atoms with van der Waals surface area (Å²) >= 11 is 0. The van der Waals surface area contributed by atoms with Crippen LogP contribution >= 0.6 is 0 Å². The van der Waals surface area contributed by atoms with Gasteiger partial charge in [-0.2, -0.15) is 0 Å². The Bertz CT molecular complexity index is 351. The van der Waals surface area contributed by atoms with Crippen LogP contribution in [0.3, 0.4) is 0 Å². The van der Waals surface area contributed by atoms with E-state index in [2.05, 4.69) is 49.3 Å². The zero-order valence-electron chi connectivity index (χ0n) is 15.5. The Hall–Kier alpha value is -0.120. The molecule has 2 atom stereocenters. The monoisotopic (exact) mass is 307 g/mol. The van der Waals surface area contributed by atoms with Gasteiger partial charge in [0.1, 0.15) is 0 Å². The van der Waals surface area contributed by atoms with E-state index in [1.165, 1.54) is 58.5 Å². The van der Waals surface area contributed by atoms with Crippen molar-refractivity contribution in [2.24, 2.45) is 11.3 Å². The third-order valence-electron chi connectivity index (χ3n) is 6.57. The Kier molecular flexibility index (Phi) is 4.87. The number of piperidine rings is 1.